The zero-order valence-electron chi connectivity index (χ0n) is 17.4. The number of sulfone groups is 1. The standard InChI is InChI=1S/C24H27N3O2S/c1-3-27(2)16-7-6-9-18-14-15-22-21(17-18)24(26-25-22)30(28,29)23-13-8-11-19-10-4-5-12-20(19)23/h4-5,8,10-15,17H,3,6-7,9,16H2,1-2H3,(H,25,26). The van der Waals surface area contributed by atoms with Gasteiger partial charge in [-0.1, -0.05) is 49.4 Å². The van der Waals surface area contributed by atoms with E-state index in [9.17, 15) is 8.42 Å². The van der Waals surface area contributed by atoms with Crippen LogP contribution in [0.1, 0.15) is 25.3 Å². The number of hydrogen-bond donors (Lipinski definition) is 1. The Labute approximate surface area is 177 Å². The maximum absolute atomic E-state index is 13.5. The second kappa shape index (κ2) is 8.58. The molecule has 0 aliphatic rings. The summed E-state index contributed by atoms with van der Waals surface area (Å²) in [5.41, 5.74) is 1.88. The highest BCUT2D eigenvalue weighted by molar-refractivity contribution is 7.91. The van der Waals surface area contributed by atoms with Gasteiger partial charge in [-0.3, -0.25) is 5.10 Å². The molecule has 156 valence electrons. The van der Waals surface area contributed by atoms with E-state index in [4.69, 9.17) is 0 Å². The van der Waals surface area contributed by atoms with Crippen LogP contribution in [0, 0.1) is 0 Å². The normalized spacial score (nSPS) is 12.2. The molecule has 0 saturated heterocycles. The van der Waals surface area contributed by atoms with E-state index in [1.165, 1.54) is 0 Å². The fourth-order valence-electron chi connectivity index (χ4n) is 3.80. The van der Waals surface area contributed by atoms with Crippen molar-refractivity contribution in [2.75, 3.05) is 20.1 Å². The first-order chi connectivity index (χ1) is 14.5. The lowest BCUT2D eigenvalue weighted by atomic mass is 10.1. The summed E-state index contributed by atoms with van der Waals surface area (Å²) in [5.74, 6) is 0. The molecule has 0 aliphatic carbocycles. The highest BCUT2D eigenvalue weighted by atomic mass is 32.2. The molecule has 0 saturated carbocycles. The van der Waals surface area contributed by atoms with Gasteiger partial charge in [0.25, 0.3) is 0 Å². The molecular formula is C24H27N3O2S. The Balaban J connectivity index is 1.67. The fourth-order valence-corrected chi connectivity index (χ4v) is 5.37. The van der Waals surface area contributed by atoms with Gasteiger partial charge in [-0.2, -0.15) is 5.10 Å². The molecule has 0 fully saturated rings. The lowest BCUT2D eigenvalue weighted by molar-refractivity contribution is 0.343. The molecular weight excluding hydrogens is 394 g/mol. The molecule has 1 N–H and O–H groups in total. The fraction of sp³-hybridized carbons (Fsp3) is 0.292. The number of H-pyrrole nitrogens is 1. The third-order valence-electron chi connectivity index (χ3n) is 5.68. The maximum atomic E-state index is 13.5. The highest BCUT2D eigenvalue weighted by Gasteiger charge is 2.25. The van der Waals surface area contributed by atoms with Crippen LogP contribution in [0.2, 0.25) is 0 Å². The molecule has 30 heavy (non-hydrogen) atoms. The average Bonchev–Trinajstić information content (AvgIpc) is 3.20. The second-order valence-corrected chi connectivity index (χ2v) is 9.58. The van der Waals surface area contributed by atoms with E-state index in [-0.39, 0.29) is 5.03 Å². The van der Waals surface area contributed by atoms with Crippen molar-refractivity contribution < 1.29 is 8.42 Å². The van der Waals surface area contributed by atoms with Crippen LogP contribution in [0.5, 0.6) is 0 Å². The van der Waals surface area contributed by atoms with Gasteiger partial charge >= 0.3 is 0 Å². The van der Waals surface area contributed by atoms with Gasteiger partial charge < -0.3 is 4.90 Å². The molecule has 0 spiro atoms. The molecule has 0 unspecified atom stereocenters. The first kappa shape index (κ1) is 20.6. The Morgan fingerprint density at radius 3 is 2.60 bits per heavy atom. The van der Waals surface area contributed by atoms with Gasteiger partial charge in [0.05, 0.1) is 10.4 Å². The van der Waals surface area contributed by atoms with Crippen LogP contribution in [0.25, 0.3) is 21.7 Å². The molecule has 1 heterocycles. The van der Waals surface area contributed by atoms with Gasteiger partial charge in [0, 0.05) is 10.8 Å². The van der Waals surface area contributed by atoms with Crippen molar-refractivity contribution in [2.24, 2.45) is 0 Å². The predicted octanol–water partition coefficient (Wildman–Crippen LogP) is 4.82. The van der Waals surface area contributed by atoms with Gasteiger partial charge in [0.1, 0.15) is 0 Å². The molecule has 0 radical (unpaired) electrons. The largest absolute Gasteiger partial charge is 0.307 e. The third kappa shape index (κ3) is 3.98. The van der Waals surface area contributed by atoms with Crippen molar-refractivity contribution in [1.82, 2.24) is 15.1 Å². The number of nitrogens with zero attached hydrogens (tertiary/aromatic N) is 2. The molecule has 0 bridgehead atoms. The quantitative estimate of drug-likeness (QED) is 0.414. The average molecular weight is 422 g/mol. The zero-order valence-corrected chi connectivity index (χ0v) is 18.2. The van der Waals surface area contributed by atoms with Crippen molar-refractivity contribution in [3.8, 4) is 0 Å². The van der Waals surface area contributed by atoms with Crippen LogP contribution in [0.3, 0.4) is 0 Å². The lowest BCUT2D eigenvalue weighted by Gasteiger charge is -2.13. The van der Waals surface area contributed by atoms with E-state index in [0.717, 1.165) is 48.8 Å². The monoisotopic (exact) mass is 421 g/mol. The number of rotatable bonds is 8. The molecule has 3 aromatic carbocycles. The molecule has 0 amide bonds. The molecule has 0 atom stereocenters. The molecule has 0 aliphatic heterocycles. The Morgan fingerprint density at radius 1 is 0.967 bits per heavy atom. The van der Waals surface area contributed by atoms with Crippen LogP contribution >= 0.6 is 0 Å². The van der Waals surface area contributed by atoms with Crippen LogP contribution < -0.4 is 0 Å². The Hall–Kier alpha value is -2.70. The molecule has 4 aromatic rings. The van der Waals surface area contributed by atoms with Crippen molar-refractivity contribution >= 4 is 31.5 Å². The topological polar surface area (TPSA) is 66.1 Å². The van der Waals surface area contributed by atoms with Crippen LogP contribution in [-0.2, 0) is 16.3 Å². The summed E-state index contributed by atoms with van der Waals surface area (Å²) in [7, 11) is -1.63. The van der Waals surface area contributed by atoms with Crippen molar-refractivity contribution in [3.05, 3.63) is 66.2 Å². The summed E-state index contributed by atoms with van der Waals surface area (Å²) in [6.07, 6.45) is 3.11. The van der Waals surface area contributed by atoms with E-state index < -0.39 is 9.84 Å². The molecule has 6 heteroatoms. The van der Waals surface area contributed by atoms with E-state index in [0.29, 0.717) is 15.7 Å². The molecule has 4 rings (SSSR count). The van der Waals surface area contributed by atoms with Gasteiger partial charge in [-0.25, -0.2) is 8.42 Å². The molecule has 5 nitrogen and oxygen atoms in total. The summed E-state index contributed by atoms with van der Waals surface area (Å²) < 4.78 is 27.0. The first-order valence-corrected chi connectivity index (χ1v) is 11.9. The zero-order chi connectivity index (χ0) is 21.1. The minimum atomic E-state index is -3.75. The van der Waals surface area contributed by atoms with Crippen molar-refractivity contribution in [2.45, 2.75) is 36.1 Å². The van der Waals surface area contributed by atoms with E-state index in [1.54, 1.807) is 12.1 Å². The summed E-state index contributed by atoms with van der Waals surface area (Å²) in [5, 5.41) is 9.47. The van der Waals surface area contributed by atoms with Crippen LogP contribution in [-0.4, -0.2) is 43.7 Å². The van der Waals surface area contributed by atoms with Crippen LogP contribution in [0.15, 0.2) is 70.6 Å². The number of aryl methyl sites for hydroxylation is 1. The van der Waals surface area contributed by atoms with E-state index in [1.807, 2.05) is 42.5 Å². The van der Waals surface area contributed by atoms with Gasteiger partial charge in [0.15, 0.2) is 5.03 Å². The molecule has 1 aromatic heterocycles. The number of unbranched alkanes of at least 4 members (excludes halogenated alkanes) is 1. The number of benzene rings is 3. The number of aromatic amines is 1. The van der Waals surface area contributed by atoms with Gasteiger partial charge in [-0.15, -0.1) is 0 Å². The highest BCUT2D eigenvalue weighted by Crippen LogP contribution is 2.31. The number of aromatic nitrogens is 2. The Kier molecular flexibility index (Phi) is 5.88. The maximum Gasteiger partial charge on any atom is 0.226 e. The number of nitrogens with one attached hydrogen (secondary N) is 1. The minimum absolute atomic E-state index is 0.0985. The second-order valence-electron chi connectivity index (χ2n) is 7.74. The smallest absolute Gasteiger partial charge is 0.226 e. The van der Waals surface area contributed by atoms with Crippen LogP contribution in [0.4, 0.5) is 0 Å². The minimum Gasteiger partial charge on any atom is -0.307 e. The Bertz CT molecular complexity index is 1270. The van der Waals surface area contributed by atoms with Crippen molar-refractivity contribution in [1.29, 1.82) is 0 Å². The van der Waals surface area contributed by atoms with Crippen molar-refractivity contribution in [3.63, 3.8) is 0 Å². The Morgan fingerprint density at radius 2 is 1.77 bits per heavy atom. The summed E-state index contributed by atoms with van der Waals surface area (Å²) in [6.45, 7) is 4.28. The SMILES string of the molecule is CCN(C)CCCCc1ccc2[nH]nc(S(=O)(=O)c3cccc4ccccc34)c2c1. The third-order valence-corrected chi connectivity index (χ3v) is 7.44. The summed E-state index contributed by atoms with van der Waals surface area (Å²) in [4.78, 5) is 2.59. The summed E-state index contributed by atoms with van der Waals surface area (Å²) >= 11 is 0. The summed E-state index contributed by atoms with van der Waals surface area (Å²) in [6, 6.07) is 18.9. The van der Waals surface area contributed by atoms with E-state index in [2.05, 4.69) is 35.1 Å². The lowest BCUT2D eigenvalue weighted by Crippen LogP contribution is -2.18. The number of hydrogen-bond acceptors (Lipinski definition) is 4. The van der Waals surface area contributed by atoms with Gasteiger partial charge in [-0.05, 0) is 68.5 Å². The number of fused-ring (bicyclic) bond motifs is 2. The predicted molar refractivity (Wildman–Crippen MR) is 122 cm³/mol. The van der Waals surface area contributed by atoms with Gasteiger partial charge in [0.2, 0.25) is 9.84 Å². The first-order valence-electron chi connectivity index (χ1n) is 10.4. The van der Waals surface area contributed by atoms with E-state index >= 15 is 0 Å².